The third-order valence-electron chi connectivity index (χ3n) is 2.08. The highest BCUT2D eigenvalue weighted by Gasteiger charge is 2.23. The number of carboxylic acids is 2. The fraction of sp³-hybridized carbons (Fsp3) is 0.500. The van der Waals surface area contributed by atoms with Gasteiger partial charge >= 0.3 is 11.9 Å². The van der Waals surface area contributed by atoms with E-state index in [-0.39, 0.29) is 5.69 Å². The van der Waals surface area contributed by atoms with Gasteiger partial charge < -0.3 is 10.2 Å². The number of carbonyl (C=O) groups is 2. The lowest BCUT2D eigenvalue weighted by Crippen LogP contribution is -2.16. The van der Waals surface area contributed by atoms with Crippen LogP contribution < -0.4 is 0 Å². The van der Waals surface area contributed by atoms with Gasteiger partial charge in [-0.2, -0.15) is 0 Å². The molecule has 94 valence electrons. The van der Waals surface area contributed by atoms with Crippen molar-refractivity contribution in [3.63, 3.8) is 0 Å². The van der Waals surface area contributed by atoms with Crippen molar-refractivity contribution in [1.82, 2.24) is 4.98 Å². The maximum atomic E-state index is 11.0. The van der Waals surface area contributed by atoms with Gasteiger partial charge in [0.1, 0.15) is 5.25 Å². The van der Waals surface area contributed by atoms with Crippen LogP contribution in [0.4, 0.5) is 0 Å². The molecule has 1 aromatic heterocycles. The van der Waals surface area contributed by atoms with Crippen LogP contribution in [0.1, 0.15) is 36.7 Å². The highest BCUT2D eigenvalue weighted by Crippen LogP contribution is 2.32. The van der Waals surface area contributed by atoms with Crippen molar-refractivity contribution in [3.8, 4) is 0 Å². The molecule has 0 fully saturated rings. The molecule has 1 aromatic rings. The minimum atomic E-state index is -1.12. The highest BCUT2D eigenvalue weighted by molar-refractivity contribution is 8.02. The Morgan fingerprint density at radius 2 is 2.24 bits per heavy atom. The summed E-state index contributed by atoms with van der Waals surface area (Å²) in [5, 5.41) is 17.3. The average Bonchev–Trinajstić information content (AvgIpc) is 2.71. The Kier molecular flexibility index (Phi) is 5.43. The van der Waals surface area contributed by atoms with Gasteiger partial charge in [0.05, 0.1) is 9.72 Å². The molecule has 0 aromatic carbocycles. The molecule has 0 spiro atoms. The monoisotopic (exact) mass is 275 g/mol. The van der Waals surface area contributed by atoms with E-state index in [0.717, 1.165) is 35.9 Å². The van der Waals surface area contributed by atoms with Crippen LogP contribution in [0.15, 0.2) is 9.72 Å². The summed E-state index contributed by atoms with van der Waals surface area (Å²) in [5.41, 5.74) is 1.37. The fourth-order valence-corrected chi connectivity index (χ4v) is 3.31. The van der Waals surface area contributed by atoms with Crippen LogP contribution in [-0.2, 0) is 4.79 Å². The van der Waals surface area contributed by atoms with Crippen LogP contribution in [0.5, 0.6) is 0 Å². The van der Waals surface area contributed by atoms with E-state index in [1.54, 1.807) is 0 Å². The lowest BCUT2D eigenvalue weighted by atomic mass is 10.2. The van der Waals surface area contributed by atoms with Crippen LogP contribution in [-0.4, -0.2) is 32.4 Å². The summed E-state index contributed by atoms with van der Waals surface area (Å²) in [6.45, 7) is 1.99. The number of unbranched alkanes of at least 4 members (excludes halogenated alkanes) is 1. The predicted octanol–water partition coefficient (Wildman–Crippen LogP) is 2.58. The van der Waals surface area contributed by atoms with Crippen LogP contribution in [0, 0.1) is 0 Å². The molecule has 17 heavy (non-hydrogen) atoms. The number of aliphatic carboxylic acids is 1. The van der Waals surface area contributed by atoms with Gasteiger partial charge in [0.25, 0.3) is 0 Å². The summed E-state index contributed by atoms with van der Waals surface area (Å²) >= 11 is 2.24. The van der Waals surface area contributed by atoms with E-state index in [0.29, 0.717) is 10.6 Å². The van der Waals surface area contributed by atoms with Gasteiger partial charge in [0.2, 0.25) is 0 Å². The Labute approximate surface area is 107 Å². The van der Waals surface area contributed by atoms with E-state index < -0.39 is 17.2 Å². The zero-order valence-corrected chi connectivity index (χ0v) is 10.9. The number of hydrogen-bond donors (Lipinski definition) is 2. The van der Waals surface area contributed by atoms with Gasteiger partial charge in [0.15, 0.2) is 5.69 Å². The number of rotatable bonds is 7. The van der Waals surface area contributed by atoms with Gasteiger partial charge in [0, 0.05) is 0 Å². The molecule has 1 atom stereocenters. The average molecular weight is 275 g/mol. The number of thiazole rings is 1. The molecule has 1 rings (SSSR count). The predicted molar refractivity (Wildman–Crippen MR) is 65.9 cm³/mol. The third kappa shape index (κ3) is 4.01. The van der Waals surface area contributed by atoms with Crippen LogP contribution in [0.25, 0.3) is 0 Å². The Bertz CT molecular complexity index is 405. The first-order chi connectivity index (χ1) is 8.06. The lowest BCUT2D eigenvalue weighted by Gasteiger charge is -2.09. The van der Waals surface area contributed by atoms with E-state index >= 15 is 0 Å². The second-order valence-electron chi connectivity index (χ2n) is 3.38. The summed E-state index contributed by atoms with van der Waals surface area (Å²) in [6, 6.07) is 0. The molecular formula is C10H13NO4S2. The van der Waals surface area contributed by atoms with Crippen molar-refractivity contribution in [1.29, 1.82) is 0 Å². The van der Waals surface area contributed by atoms with Crippen molar-refractivity contribution < 1.29 is 19.8 Å². The van der Waals surface area contributed by atoms with Gasteiger partial charge in [-0.15, -0.1) is 11.3 Å². The minimum Gasteiger partial charge on any atom is -0.480 e. The standard InChI is InChI=1S/C10H13NO4S2/c1-2-3-4-6(8(12)13)17-10-7(9(14)15)11-5-16-10/h5-6H,2-4H2,1H3,(H,12,13)(H,14,15). The zero-order chi connectivity index (χ0) is 12.8. The first-order valence-electron chi connectivity index (χ1n) is 5.12. The van der Waals surface area contributed by atoms with Crippen molar-refractivity contribution in [2.24, 2.45) is 0 Å². The molecule has 0 saturated carbocycles. The Balaban J connectivity index is 2.75. The van der Waals surface area contributed by atoms with Crippen molar-refractivity contribution in [2.75, 3.05) is 0 Å². The molecular weight excluding hydrogens is 262 g/mol. The molecule has 0 bridgehead atoms. The molecule has 0 aliphatic rings. The molecule has 1 heterocycles. The van der Waals surface area contributed by atoms with Gasteiger partial charge in [-0.25, -0.2) is 9.78 Å². The molecule has 0 radical (unpaired) electrons. The number of aromatic nitrogens is 1. The minimum absolute atomic E-state index is 0.0530. The van der Waals surface area contributed by atoms with Crippen LogP contribution in [0.2, 0.25) is 0 Å². The molecule has 1 unspecified atom stereocenters. The number of hydrogen-bond acceptors (Lipinski definition) is 5. The first kappa shape index (κ1) is 14.0. The summed E-state index contributed by atoms with van der Waals surface area (Å²) in [6.07, 6.45) is 2.26. The number of nitrogens with zero attached hydrogens (tertiary/aromatic N) is 1. The van der Waals surface area contributed by atoms with E-state index in [1.165, 1.54) is 5.51 Å². The highest BCUT2D eigenvalue weighted by atomic mass is 32.2. The molecule has 0 aliphatic heterocycles. The van der Waals surface area contributed by atoms with E-state index in [1.807, 2.05) is 6.92 Å². The third-order valence-corrected chi connectivity index (χ3v) is 4.41. The van der Waals surface area contributed by atoms with Gasteiger partial charge in [-0.05, 0) is 6.42 Å². The number of thioether (sulfide) groups is 1. The summed E-state index contributed by atoms with van der Waals surface area (Å²) < 4.78 is 0.459. The van der Waals surface area contributed by atoms with Crippen molar-refractivity contribution >= 4 is 35.0 Å². The quantitative estimate of drug-likeness (QED) is 0.744. The summed E-state index contributed by atoms with van der Waals surface area (Å²) in [7, 11) is 0. The summed E-state index contributed by atoms with van der Waals surface area (Å²) in [4.78, 5) is 25.6. The Morgan fingerprint density at radius 1 is 1.53 bits per heavy atom. The first-order valence-corrected chi connectivity index (χ1v) is 6.88. The molecule has 0 aliphatic carbocycles. The molecule has 2 N–H and O–H groups in total. The smallest absolute Gasteiger partial charge is 0.356 e. The maximum absolute atomic E-state index is 11.0. The second kappa shape index (κ2) is 6.61. The van der Waals surface area contributed by atoms with Crippen molar-refractivity contribution in [2.45, 2.75) is 35.6 Å². The van der Waals surface area contributed by atoms with Crippen LogP contribution >= 0.6 is 23.1 Å². The van der Waals surface area contributed by atoms with Crippen LogP contribution in [0.3, 0.4) is 0 Å². The van der Waals surface area contributed by atoms with E-state index in [9.17, 15) is 9.59 Å². The number of carboxylic acid groups (broad SMARTS) is 2. The lowest BCUT2D eigenvalue weighted by molar-refractivity contribution is -0.136. The molecule has 7 heteroatoms. The Hall–Kier alpha value is -1.08. The molecule has 0 amide bonds. The van der Waals surface area contributed by atoms with E-state index in [4.69, 9.17) is 10.2 Å². The van der Waals surface area contributed by atoms with Crippen molar-refractivity contribution in [3.05, 3.63) is 11.2 Å². The molecule has 0 saturated heterocycles. The van der Waals surface area contributed by atoms with Gasteiger partial charge in [-0.3, -0.25) is 4.79 Å². The zero-order valence-electron chi connectivity index (χ0n) is 9.25. The summed E-state index contributed by atoms with van der Waals surface area (Å²) in [5.74, 6) is -2.03. The maximum Gasteiger partial charge on any atom is 0.356 e. The SMILES string of the molecule is CCCCC(Sc1scnc1C(=O)O)C(=O)O. The van der Waals surface area contributed by atoms with E-state index in [2.05, 4.69) is 4.98 Å². The Morgan fingerprint density at radius 3 is 2.76 bits per heavy atom. The normalized spacial score (nSPS) is 12.3. The topological polar surface area (TPSA) is 87.5 Å². The molecule has 5 nitrogen and oxygen atoms in total. The second-order valence-corrected chi connectivity index (χ2v) is 5.71. The largest absolute Gasteiger partial charge is 0.480 e. The number of aromatic carboxylic acids is 1. The fourth-order valence-electron chi connectivity index (χ4n) is 1.21. The van der Waals surface area contributed by atoms with Gasteiger partial charge in [-0.1, -0.05) is 31.5 Å².